The van der Waals surface area contributed by atoms with E-state index in [-0.39, 0.29) is 0 Å². The van der Waals surface area contributed by atoms with Crippen LogP contribution >= 0.6 is 0 Å². The van der Waals surface area contributed by atoms with Crippen molar-refractivity contribution < 1.29 is 0 Å². The number of pyridine rings is 4. The van der Waals surface area contributed by atoms with Crippen LogP contribution < -0.4 is 0 Å². The Morgan fingerprint density at radius 2 is 0.800 bits per heavy atom. The van der Waals surface area contributed by atoms with Gasteiger partial charge in [0.25, 0.3) is 0 Å². The van der Waals surface area contributed by atoms with Gasteiger partial charge in [0.1, 0.15) is 0 Å². The maximum atomic E-state index is 4.34. The van der Waals surface area contributed by atoms with Crippen LogP contribution in [0.15, 0.2) is 126 Å². The Kier molecular flexibility index (Phi) is 15.2. The third kappa shape index (κ3) is 11.6. The summed E-state index contributed by atoms with van der Waals surface area (Å²) in [5, 5.41) is 0. The molecular weight excluding hydrogens is 729 g/mol. The lowest BCUT2D eigenvalue weighted by Gasteiger charge is -2.04. The van der Waals surface area contributed by atoms with E-state index in [1.54, 1.807) is 5.57 Å². The molecule has 0 saturated heterocycles. The molecule has 10 rings (SSSR count). The molecule has 0 bridgehead atoms. The first-order chi connectivity index (χ1) is 28.9. The normalized spacial score (nSPS) is 14.8. The summed E-state index contributed by atoms with van der Waals surface area (Å²) >= 11 is 0. The van der Waals surface area contributed by atoms with Crippen LogP contribution in [-0.4, -0.2) is 19.9 Å². The van der Waals surface area contributed by atoms with Crippen LogP contribution in [0.3, 0.4) is 0 Å². The topological polar surface area (TPSA) is 51.6 Å². The Morgan fingerprint density at radius 3 is 1.40 bits per heavy atom. The Morgan fingerprint density at radius 1 is 0.350 bits per heavy atom. The number of rotatable bonds is 5. The van der Waals surface area contributed by atoms with E-state index < -0.39 is 0 Å². The standard InChI is InChI=1S/C12H14.4C11H13N/c1-9(2)12-7-10-5-3-4-6-11(10)8-12;2*1-8(2)10-5-9-3-4-12-7-11(9)6-10;2*1-8(2)10-6-9-4-3-5-12-11(9)7-10/h3-7,9H,8H2,1-2H3;3-4,6-8H,5H2,1-2H3;2*3-5,7-8H,6H2,1-2H3;3-6,8H,7H2,1-2H3. The maximum Gasteiger partial charge on any atom is 0.0664 e. The van der Waals surface area contributed by atoms with Crippen molar-refractivity contribution in [2.75, 3.05) is 0 Å². The molecule has 0 N–H and O–H groups in total. The highest BCUT2D eigenvalue weighted by Gasteiger charge is 2.18. The minimum Gasteiger partial charge on any atom is -0.264 e. The van der Waals surface area contributed by atoms with Crippen molar-refractivity contribution in [3.05, 3.63) is 182 Å². The zero-order valence-corrected chi connectivity index (χ0v) is 37.8. The van der Waals surface area contributed by atoms with Crippen molar-refractivity contribution in [1.82, 2.24) is 19.9 Å². The Balaban J connectivity index is 0.000000126. The molecule has 4 heteroatoms. The molecule has 0 saturated carbocycles. The quantitative estimate of drug-likeness (QED) is 0.178. The summed E-state index contributed by atoms with van der Waals surface area (Å²) in [5.41, 5.74) is 21.1. The number of fused-ring (bicyclic) bond motifs is 5. The van der Waals surface area contributed by atoms with Gasteiger partial charge in [-0.1, -0.05) is 158 Å². The van der Waals surface area contributed by atoms with Crippen LogP contribution in [-0.2, 0) is 32.1 Å². The molecule has 5 aliphatic carbocycles. The van der Waals surface area contributed by atoms with Gasteiger partial charge in [0.05, 0.1) is 11.4 Å². The van der Waals surface area contributed by atoms with Gasteiger partial charge in [0.2, 0.25) is 0 Å². The lowest BCUT2D eigenvalue weighted by Crippen LogP contribution is -1.94. The van der Waals surface area contributed by atoms with Crippen molar-refractivity contribution >= 4 is 30.4 Å². The summed E-state index contributed by atoms with van der Waals surface area (Å²) in [5.74, 6) is 3.32. The molecule has 0 fully saturated rings. The molecule has 310 valence electrons. The lowest BCUT2D eigenvalue weighted by molar-refractivity contribution is 0.750. The number of allylic oxidation sites excluding steroid dienone is 5. The van der Waals surface area contributed by atoms with Crippen molar-refractivity contribution in [2.24, 2.45) is 29.6 Å². The van der Waals surface area contributed by atoms with Crippen LogP contribution in [0, 0.1) is 29.6 Å². The van der Waals surface area contributed by atoms with E-state index in [0.717, 1.165) is 32.1 Å². The smallest absolute Gasteiger partial charge is 0.0664 e. The molecule has 0 spiro atoms. The Hall–Kier alpha value is -5.48. The van der Waals surface area contributed by atoms with Gasteiger partial charge in [-0.2, -0.15) is 0 Å². The minimum absolute atomic E-state index is 0.652. The Labute approximate surface area is 361 Å². The van der Waals surface area contributed by atoms with Crippen LogP contribution in [0.1, 0.15) is 125 Å². The summed E-state index contributed by atoms with van der Waals surface area (Å²) in [4.78, 5) is 16.9. The van der Waals surface area contributed by atoms with Gasteiger partial charge in [0.15, 0.2) is 0 Å². The molecule has 0 atom stereocenters. The van der Waals surface area contributed by atoms with E-state index >= 15 is 0 Å². The molecule has 4 aromatic heterocycles. The second-order valence-corrected chi connectivity index (χ2v) is 18.2. The van der Waals surface area contributed by atoms with Gasteiger partial charge in [-0.3, -0.25) is 19.9 Å². The van der Waals surface area contributed by atoms with E-state index in [2.05, 4.69) is 168 Å². The van der Waals surface area contributed by atoms with Crippen LogP contribution in [0.5, 0.6) is 0 Å². The molecule has 4 nitrogen and oxygen atoms in total. The first kappa shape index (κ1) is 44.1. The highest BCUT2D eigenvalue weighted by atomic mass is 14.7. The van der Waals surface area contributed by atoms with E-state index in [9.17, 15) is 0 Å². The fourth-order valence-corrected chi connectivity index (χ4v) is 7.91. The number of hydrogen-bond acceptors (Lipinski definition) is 4. The lowest BCUT2D eigenvalue weighted by atomic mass is 10.0. The Bertz CT molecular complexity index is 2010. The van der Waals surface area contributed by atoms with E-state index in [0.29, 0.717) is 29.6 Å². The van der Waals surface area contributed by atoms with Crippen molar-refractivity contribution in [3.8, 4) is 0 Å². The van der Waals surface area contributed by atoms with Gasteiger partial charge in [-0.15, -0.1) is 0 Å². The average Bonchev–Trinajstić information content (AvgIpc) is 4.09. The zero-order chi connectivity index (χ0) is 42.8. The summed E-state index contributed by atoms with van der Waals surface area (Å²) in [6.45, 7) is 22.4. The van der Waals surface area contributed by atoms with Crippen LogP contribution in [0.4, 0.5) is 0 Å². The van der Waals surface area contributed by atoms with Gasteiger partial charge >= 0.3 is 0 Å². The molecule has 5 aromatic rings. The molecule has 4 heterocycles. The second-order valence-electron chi connectivity index (χ2n) is 18.2. The van der Waals surface area contributed by atoms with Gasteiger partial charge < -0.3 is 0 Å². The van der Waals surface area contributed by atoms with Crippen molar-refractivity contribution in [1.29, 1.82) is 0 Å². The predicted molar refractivity (Wildman–Crippen MR) is 256 cm³/mol. The van der Waals surface area contributed by atoms with Crippen LogP contribution in [0.2, 0.25) is 0 Å². The number of hydrogen-bond donors (Lipinski definition) is 0. The third-order valence-electron chi connectivity index (χ3n) is 12.1. The highest BCUT2D eigenvalue weighted by molar-refractivity contribution is 5.65. The second kappa shape index (κ2) is 20.7. The van der Waals surface area contributed by atoms with Gasteiger partial charge in [-0.05, 0) is 130 Å². The third-order valence-corrected chi connectivity index (χ3v) is 12.1. The van der Waals surface area contributed by atoms with E-state index in [4.69, 9.17) is 0 Å². The summed E-state index contributed by atoms with van der Waals surface area (Å²) in [6, 6.07) is 21.2. The molecule has 0 aliphatic heterocycles. The molecule has 60 heavy (non-hydrogen) atoms. The number of benzene rings is 1. The molecule has 1 aromatic carbocycles. The van der Waals surface area contributed by atoms with Crippen LogP contribution in [0.25, 0.3) is 30.4 Å². The number of nitrogens with zero attached hydrogens (tertiary/aromatic N) is 4. The molecule has 5 aliphatic rings. The van der Waals surface area contributed by atoms with Crippen molar-refractivity contribution in [3.63, 3.8) is 0 Å². The van der Waals surface area contributed by atoms with E-state index in [1.807, 2.05) is 49.3 Å². The predicted octanol–water partition coefficient (Wildman–Crippen LogP) is 14.0. The fraction of sp³-hybridized carbons (Fsp3) is 0.357. The minimum atomic E-state index is 0.652. The average molecular weight is 795 g/mol. The largest absolute Gasteiger partial charge is 0.264 e. The first-order valence-electron chi connectivity index (χ1n) is 22.2. The first-order valence-corrected chi connectivity index (χ1v) is 22.2. The highest BCUT2D eigenvalue weighted by Crippen LogP contribution is 2.31. The zero-order valence-electron chi connectivity index (χ0n) is 37.8. The van der Waals surface area contributed by atoms with E-state index in [1.165, 1.54) is 78.2 Å². The maximum absolute atomic E-state index is 4.34. The molecule has 0 radical (unpaired) electrons. The summed E-state index contributed by atoms with van der Waals surface area (Å²) in [6.07, 6.45) is 28.3. The molecular formula is C56H66N4. The fourth-order valence-electron chi connectivity index (χ4n) is 7.91. The summed E-state index contributed by atoms with van der Waals surface area (Å²) in [7, 11) is 0. The summed E-state index contributed by atoms with van der Waals surface area (Å²) < 4.78 is 0. The molecule has 0 amide bonds. The number of aromatic nitrogens is 4. The molecule has 0 unspecified atom stereocenters. The van der Waals surface area contributed by atoms with Gasteiger partial charge in [0, 0.05) is 43.6 Å². The SMILES string of the molecule is CC(C)C1=Cc2ccccc2C1.CC(C)C1=Cc2cccnc2C1.CC(C)C1=Cc2ccncc2C1.CC(C)C1=Cc2cnccc2C1.CC(C)C1=Cc2ncccc2C1. The van der Waals surface area contributed by atoms with Crippen molar-refractivity contribution in [2.45, 2.75) is 101 Å². The monoisotopic (exact) mass is 795 g/mol. The van der Waals surface area contributed by atoms with Gasteiger partial charge in [-0.25, -0.2) is 0 Å².